The topological polar surface area (TPSA) is 115 Å². The van der Waals surface area contributed by atoms with Gasteiger partial charge >= 0.3 is 0 Å². The number of hydrogen-bond acceptors (Lipinski definition) is 4. The lowest BCUT2D eigenvalue weighted by Crippen LogP contribution is -2.44. The van der Waals surface area contributed by atoms with Crippen LogP contribution < -0.4 is 11.5 Å². The number of carbonyl (C=O) groups excluding carboxylic acids is 2. The molecule has 1 aliphatic rings. The number of hydrogen-bond donors (Lipinski definition) is 3. The molecule has 2 amide bonds. The molecule has 1 aromatic heterocycles. The number of amides is 2. The van der Waals surface area contributed by atoms with Crippen LogP contribution in [-0.2, 0) is 11.3 Å². The van der Waals surface area contributed by atoms with Crippen LogP contribution in [0.3, 0.4) is 0 Å². The third-order valence-corrected chi connectivity index (χ3v) is 3.35. The van der Waals surface area contributed by atoms with Crippen molar-refractivity contribution >= 4 is 17.5 Å². The molecular weight excluding hydrogens is 248 g/mol. The Bertz CT molecular complexity index is 511. The SMILES string of the molecule is CCn1cc(N)cc1C(=O)N1CC(O)CC1C(N)=O. The third kappa shape index (κ3) is 2.41. The summed E-state index contributed by atoms with van der Waals surface area (Å²) >= 11 is 0. The average molecular weight is 266 g/mol. The number of anilines is 1. The van der Waals surface area contributed by atoms with E-state index in [1.807, 2.05) is 6.92 Å². The van der Waals surface area contributed by atoms with Crippen LogP contribution in [0.1, 0.15) is 23.8 Å². The highest BCUT2D eigenvalue weighted by Gasteiger charge is 2.38. The Balaban J connectivity index is 2.30. The van der Waals surface area contributed by atoms with Crippen LogP contribution in [-0.4, -0.2) is 45.1 Å². The molecule has 0 bridgehead atoms. The van der Waals surface area contributed by atoms with E-state index in [9.17, 15) is 14.7 Å². The van der Waals surface area contributed by atoms with Gasteiger partial charge in [0, 0.05) is 25.7 Å². The first-order valence-electron chi connectivity index (χ1n) is 6.18. The largest absolute Gasteiger partial charge is 0.397 e. The molecule has 7 nitrogen and oxygen atoms in total. The Labute approximate surface area is 110 Å². The quantitative estimate of drug-likeness (QED) is 0.661. The zero-order chi connectivity index (χ0) is 14.2. The van der Waals surface area contributed by atoms with Gasteiger partial charge in [-0.1, -0.05) is 0 Å². The molecule has 0 aromatic carbocycles. The van der Waals surface area contributed by atoms with Gasteiger partial charge < -0.3 is 26.0 Å². The molecule has 104 valence electrons. The summed E-state index contributed by atoms with van der Waals surface area (Å²) in [5, 5.41) is 9.61. The predicted molar refractivity (Wildman–Crippen MR) is 69.2 cm³/mol. The molecule has 0 saturated carbocycles. The molecule has 1 saturated heterocycles. The number of β-amino-alcohol motifs (C(OH)–C–C–N with tert-alkyl or cyclic N) is 1. The van der Waals surface area contributed by atoms with Gasteiger partial charge in [0.05, 0.1) is 11.8 Å². The normalized spacial score (nSPS) is 22.7. The van der Waals surface area contributed by atoms with Crippen LogP contribution in [0.5, 0.6) is 0 Å². The summed E-state index contributed by atoms with van der Waals surface area (Å²) in [5.74, 6) is -0.939. The Morgan fingerprint density at radius 1 is 1.53 bits per heavy atom. The minimum Gasteiger partial charge on any atom is -0.397 e. The van der Waals surface area contributed by atoms with Gasteiger partial charge in [0.15, 0.2) is 0 Å². The smallest absolute Gasteiger partial charge is 0.271 e. The molecule has 2 atom stereocenters. The minimum atomic E-state index is -0.760. The number of nitrogens with zero attached hydrogens (tertiary/aromatic N) is 2. The van der Waals surface area contributed by atoms with Gasteiger partial charge in [-0.05, 0) is 13.0 Å². The van der Waals surface area contributed by atoms with Gasteiger partial charge in [-0.3, -0.25) is 9.59 Å². The molecule has 0 spiro atoms. The van der Waals surface area contributed by atoms with Crippen LogP contribution in [0.15, 0.2) is 12.3 Å². The Kier molecular flexibility index (Phi) is 3.48. The number of nitrogen functional groups attached to an aromatic ring is 1. The summed E-state index contributed by atoms with van der Waals surface area (Å²) in [4.78, 5) is 25.1. The van der Waals surface area contributed by atoms with Gasteiger partial charge in [-0.2, -0.15) is 0 Å². The summed E-state index contributed by atoms with van der Waals surface area (Å²) in [6.07, 6.45) is 1.13. The van der Waals surface area contributed by atoms with E-state index in [4.69, 9.17) is 11.5 Å². The molecule has 2 rings (SSSR count). The molecule has 0 radical (unpaired) electrons. The van der Waals surface area contributed by atoms with E-state index in [2.05, 4.69) is 0 Å². The van der Waals surface area contributed by atoms with Crippen LogP contribution in [0, 0.1) is 0 Å². The van der Waals surface area contributed by atoms with Crippen molar-refractivity contribution in [2.45, 2.75) is 32.0 Å². The van der Waals surface area contributed by atoms with Gasteiger partial charge in [0.25, 0.3) is 5.91 Å². The number of aliphatic hydroxyl groups excluding tert-OH is 1. The van der Waals surface area contributed by atoms with Crippen molar-refractivity contribution in [1.82, 2.24) is 9.47 Å². The number of carbonyl (C=O) groups is 2. The van der Waals surface area contributed by atoms with Crippen molar-refractivity contribution in [1.29, 1.82) is 0 Å². The number of aryl methyl sites for hydroxylation is 1. The molecular formula is C12H18N4O3. The van der Waals surface area contributed by atoms with Gasteiger partial charge in [0.1, 0.15) is 11.7 Å². The van der Waals surface area contributed by atoms with Gasteiger partial charge in [0.2, 0.25) is 5.91 Å². The summed E-state index contributed by atoms with van der Waals surface area (Å²) in [5.41, 5.74) is 11.8. The number of nitrogens with two attached hydrogens (primary N) is 2. The Hall–Kier alpha value is -2.02. The van der Waals surface area contributed by atoms with E-state index in [1.165, 1.54) is 4.90 Å². The molecule has 2 unspecified atom stereocenters. The number of likely N-dealkylation sites (tertiary alicyclic amines) is 1. The minimum absolute atomic E-state index is 0.112. The zero-order valence-electron chi connectivity index (χ0n) is 10.7. The van der Waals surface area contributed by atoms with Crippen LogP contribution in [0.25, 0.3) is 0 Å². The van der Waals surface area contributed by atoms with Crippen LogP contribution in [0.2, 0.25) is 0 Å². The molecule has 1 aromatic rings. The molecule has 7 heteroatoms. The maximum Gasteiger partial charge on any atom is 0.271 e. The number of primary amides is 1. The van der Waals surface area contributed by atoms with E-state index in [-0.39, 0.29) is 18.9 Å². The molecule has 1 fully saturated rings. The van der Waals surface area contributed by atoms with Crippen molar-refractivity contribution in [3.05, 3.63) is 18.0 Å². The standard InChI is InChI=1S/C12H18N4O3/c1-2-15-5-7(13)3-10(15)12(19)16-6-8(17)4-9(16)11(14)18/h3,5,8-9,17H,2,4,6,13H2,1H3,(H2,14,18). The summed E-state index contributed by atoms with van der Waals surface area (Å²) < 4.78 is 1.71. The number of aromatic nitrogens is 1. The lowest BCUT2D eigenvalue weighted by molar-refractivity contribution is -0.121. The second kappa shape index (κ2) is 4.93. The fraction of sp³-hybridized carbons (Fsp3) is 0.500. The highest BCUT2D eigenvalue weighted by Crippen LogP contribution is 2.22. The first-order chi connectivity index (χ1) is 8.93. The van der Waals surface area contributed by atoms with Gasteiger partial charge in [-0.25, -0.2) is 0 Å². The second-order valence-corrected chi connectivity index (χ2v) is 4.71. The van der Waals surface area contributed by atoms with Crippen molar-refractivity contribution in [3.8, 4) is 0 Å². The van der Waals surface area contributed by atoms with Crippen molar-refractivity contribution < 1.29 is 14.7 Å². The number of aliphatic hydroxyl groups is 1. The molecule has 1 aliphatic heterocycles. The van der Waals surface area contributed by atoms with Crippen LogP contribution in [0.4, 0.5) is 5.69 Å². The fourth-order valence-corrected chi connectivity index (χ4v) is 2.43. The van der Waals surface area contributed by atoms with E-state index >= 15 is 0 Å². The maximum atomic E-state index is 12.4. The highest BCUT2D eigenvalue weighted by atomic mass is 16.3. The monoisotopic (exact) mass is 266 g/mol. The van der Waals surface area contributed by atoms with Crippen molar-refractivity contribution in [2.75, 3.05) is 12.3 Å². The summed E-state index contributed by atoms with van der Waals surface area (Å²) in [6, 6.07) is 0.804. The van der Waals surface area contributed by atoms with Gasteiger partial charge in [-0.15, -0.1) is 0 Å². The highest BCUT2D eigenvalue weighted by molar-refractivity contribution is 5.97. The first-order valence-corrected chi connectivity index (χ1v) is 6.18. The maximum absolute atomic E-state index is 12.4. The van der Waals surface area contributed by atoms with Crippen molar-refractivity contribution in [3.63, 3.8) is 0 Å². The van der Waals surface area contributed by atoms with E-state index in [0.29, 0.717) is 17.9 Å². The zero-order valence-corrected chi connectivity index (χ0v) is 10.7. The predicted octanol–water partition coefficient (Wildman–Crippen LogP) is -0.849. The van der Waals surface area contributed by atoms with Crippen molar-refractivity contribution in [2.24, 2.45) is 5.73 Å². The summed E-state index contributed by atoms with van der Waals surface area (Å²) in [7, 11) is 0. The Morgan fingerprint density at radius 2 is 2.21 bits per heavy atom. The summed E-state index contributed by atoms with van der Waals surface area (Å²) in [6.45, 7) is 2.60. The van der Waals surface area contributed by atoms with E-state index < -0.39 is 18.1 Å². The second-order valence-electron chi connectivity index (χ2n) is 4.71. The van der Waals surface area contributed by atoms with E-state index in [0.717, 1.165) is 0 Å². The lowest BCUT2D eigenvalue weighted by Gasteiger charge is -2.22. The fourth-order valence-electron chi connectivity index (χ4n) is 2.43. The molecule has 2 heterocycles. The van der Waals surface area contributed by atoms with Crippen LogP contribution >= 0.6 is 0 Å². The Morgan fingerprint density at radius 3 is 2.79 bits per heavy atom. The average Bonchev–Trinajstić information content (AvgIpc) is 2.91. The molecule has 5 N–H and O–H groups in total. The first kappa shape index (κ1) is 13.4. The third-order valence-electron chi connectivity index (χ3n) is 3.35. The molecule has 19 heavy (non-hydrogen) atoms. The van der Waals surface area contributed by atoms with E-state index in [1.54, 1.807) is 16.8 Å². The molecule has 0 aliphatic carbocycles. The number of rotatable bonds is 3. The lowest BCUT2D eigenvalue weighted by atomic mass is 10.2.